The number of hydrogen-bond donors (Lipinski definition) is 1. The van der Waals surface area contributed by atoms with Crippen LogP contribution in [0.3, 0.4) is 0 Å². The van der Waals surface area contributed by atoms with Crippen molar-refractivity contribution in [1.82, 2.24) is 20.1 Å². The molecule has 1 unspecified atom stereocenters. The molecule has 136 valence electrons. The molecule has 25 heavy (non-hydrogen) atoms. The third-order valence-corrected chi connectivity index (χ3v) is 6.27. The number of hydrogen-bond acceptors (Lipinski definition) is 6. The zero-order valence-electron chi connectivity index (χ0n) is 14.4. The number of thiazole rings is 1. The van der Waals surface area contributed by atoms with Gasteiger partial charge >= 0.3 is 0 Å². The summed E-state index contributed by atoms with van der Waals surface area (Å²) in [5, 5.41) is 6.04. The molecule has 0 aliphatic carbocycles. The maximum atomic E-state index is 12.6. The molecule has 3 aliphatic heterocycles. The number of carbonyl (C=O) groups excluding carboxylic acids is 2. The van der Waals surface area contributed by atoms with E-state index in [1.165, 1.54) is 11.3 Å². The van der Waals surface area contributed by atoms with Gasteiger partial charge in [0.2, 0.25) is 11.8 Å². The van der Waals surface area contributed by atoms with Crippen molar-refractivity contribution in [2.45, 2.75) is 31.7 Å². The highest BCUT2D eigenvalue weighted by Crippen LogP contribution is 2.26. The van der Waals surface area contributed by atoms with Crippen LogP contribution in [0.4, 0.5) is 5.13 Å². The van der Waals surface area contributed by atoms with Crippen molar-refractivity contribution in [3.63, 3.8) is 0 Å². The normalized spacial score (nSPS) is 25.1. The molecule has 1 aromatic heterocycles. The van der Waals surface area contributed by atoms with Gasteiger partial charge in [-0.1, -0.05) is 0 Å². The molecule has 4 rings (SSSR count). The second-order valence-electron chi connectivity index (χ2n) is 7.02. The summed E-state index contributed by atoms with van der Waals surface area (Å²) < 4.78 is 0. The average molecular weight is 363 g/mol. The summed E-state index contributed by atoms with van der Waals surface area (Å²) in [6.45, 7) is 6.66. The number of amides is 2. The number of piperazine rings is 1. The van der Waals surface area contributed by atoms with Crippen molar-refractivity contribution in [2.75, 3.05) is 50.7 Å². The Morgan fingerprint density at radius 3 is 2.88 bits per heavy atom. The van der Waals surface area contributed by atoms with Crippen molar-refractivity contribution >= 4 is 28.3 Å². The van der Waals surface area contributed by atoms with Crippen molar-refractivity contribution in [3.05, 3.63) is 11.1 Å². The average Bonchev–Trinajstić information content (AvgIpc) is 3.36. The molecule has 1 aromatic rings. The van der Waals surface area contributed by atoms with Gasteiger partial charge in [0.15, 0.2) is 5.13 Å². The summed E-state index contributed by atoms with van der Waals surface area (Å²) in [5.41, 5.74) is 0.787. The Labute approximate surface area is 152 Å². The molecule has 2 amide bonds. The minimum atomic E-state index is 0.144. The first-order chi connectivity index (χ1) is 12.2. The van der Waals surface area contributed by atoms with E-state index in [0.717, 1.165) is 69.5 Å². The zero-order valence-corrected chi connectivity index (χ0v) is 15.3. The summed E-state index contributed by atoms with van der Waals surface area (Å²) in [4.78, 5) is 35.2. The second kappa shape index (κ2) is 7.39. The molecule has 1 atom stereocenters. The van der Waals surface area contributed by atoms with Gasteiger partial charge in [-0.15, -0.1) is 11.3 Å². The van der Waals surface area contributed by atoms with Gasteiger partial charge in [0.05, 0.1) is 12.1 Å². The van der Waals surface area contributed by atoms with Crippen LogP contribution < -0.4 is 10.2 Å². The first kappa shape index (κ1) is 16.9. The summed E-state index contributed by atoms with van der Waals surface area (Å²) in [6.07, 6.45) is 2.91. The van der Waals surface area contributed by atoms with Gasteiger partial charge in [-0.25, -0.2) is 4.98 Å². The summed E-state index contributed by atoms with van der Waals surface area (Å²) in [6, 6.07) is 0.499. The topological polar surface area (TPSA) is 68.8 Å². The Hall–Kier alpha value is -1.51. The number of carbonyl (C=O) groups is 2. The lowest BCUT2D eigenvalue weighted by atomic mass is 10.2. The molecule has 0 bridgehead atoms. The third kappa shape index (κ3) is 3.70. The molecule has 0 aromatic carbocycles. The van der Waals surface area contributed by atoms with Crippen molar-refractivity contribution < 1.29 is 9.59 Å². The minimum Gasteiger partial charge on any atom is -0.341 e. The number of rotatable bonds is 4. The lowest BCUT2D eigenvalue weighted by molar-refractivity contribution is -0.129. The highest BCUT2D eigenvalue weighted by atomic mass is 32.1. The molecule has 1 N–H and O–H groups in total. The van der Waals surface area contributed by atoms with E-state index >= 15 is 0 Å². The lowest BCUT2D eigenvalue weighted by Gasteiger charge is -2.32. The minimum absolute atomic E-state index is 0.144. The summed E-state index contributed by atoms with van der Waals surface area (Å²) in [5.74, 6) is 0.299. The van der Waals surface area contributed by atoms with Gasteiger partial charge in [0.1, 0.15) is 0 Å². The standard InChI is InChI=1S/C17H25N5O2S/c23-15-2-1-6-22(15)17-19-13(12-25-17)10-16(24)21-7-3-14(11-21)20-8-4-18-5-9-20/h12,14,18H,1-11H2. The van der Waals surface area contributed by atoms with Crippen LogP contribution in [0.25, 0.3) is 0 Å². The maximum absolute atomic E-state index is 12.6. The molecule has 3 fully saturated rings. The Balaban J connectivity index is 1.32. The fourth-order valence-corrected chi connectivity index (χ4v) is 4.80. The molecule has 0 saturated carbocycles. The van der Waals surface area contributed by atoms with Crippen LogP contribution >= 0.6 is 11.3 Å². The number of anilines is 1. The second-order valence-corrected chi connectivity index (χ2v) is 7.85. The monoisotopic (exact) mass is 363 g/mol. The van der Waals surface area contributed by atoms with Crippen LogP contribution in [-0.4, -0.2) is 78.5 Å². The van der Waals surface area contributed by atoms with Crippen molar-refractivity contribution in [3.8, 4) is 0 Å². The van der Waals surface area contributed by atoms with E-state index in [4.69, 9.17) is 0 Å². The van der Waals surface area contributed by atoms with Gasteiger partial charge in [-0.05, 0) is 12.8 Å². The fraction of sp³-hybridized carbons (Fsp3) is 0.706. The smallest absolute Gasteiger partial charge is 0.228 e. The first-order valence-electron chi connectivity index (χ1n) is 9.18. The van der Waals surface area contributed by atoms with E-state index in [0.29, 0.717) is 18.9 Å². The highest BCUT2D eigenvalue weighted by molar-refractivity contribution is 7.14. The Morgan fingerprint density at radius 2 is 2.12 bits per heavy atom. The van der Waals surface area contributed by atoms with Crippen LogP contribution in [-0.2, 0) is 16.0 Å². The van der Waals surface area contributed by atoms with Gasteiger partial charge < -0.3 is 10.2 Å². The molecule has 0 radical (unpaired) electrons. The number of aromatic nitrogens is 1. The molecule has 3 saturated heterocycles. The van der Waals surface area contributed by atoms with E-state index < -0.39 is 0 Å². The van der Waals surface area contributed by atoms with Crippen LogP contribution in [0.1, 0.15) is 25.0 Å². The molecule has 4 heterocycles. The van der Waals surface area contributed by atoms with Crippen LogP contribution in [0.5, 0.6) is 0 Å². The van der Waals surface area contributed by atoms with Gasteiger partial charge in [0, 0.05) is 63.7 Å². The van der Waals surface area contributed by atoms with E-state index in [1.807, 2.05) is 10.3 Å². The van der Waals surface area contributed by atoms with Crippen molar-refractivity contribution in [2.24, 2.45) is 0 Å². The summed E-state index contributed by atoms with van der Waals surface area (Å²) >= 11 is 1.47. The van der Waals surface area contributed by atoms with Crippen molar-refractivity contribution in [1.29, 1.82) is 0 Å². The number of likely N-dealkylation sites (tertiary alicyclic amines) is 1. The zero-order chi connectivity index (χ0) is 17.2. The van der Waals surface area contributed by atoms with Gasteiger partial charge in [-0.3, -0.25) is 19.4 Å². The van der Waals surface area contributed by atoms with Crippen LogP contribution in [0, 0.1) is 0 Å². The van der Waals surface area contributed by atoms with Crippen LogP contribution in [0.2, 0.25) is 0 Å². The van der Waals surface area contributed by atoms with Crippen LogP contribution in [0.15, 0.2) is 5.38 Å². The van der Waals surface area contributed by atoms with Gasteiger partial charge in [-0.2, -0.15) is 0 Å². The van der Waals surface area contributed by atoms with E-state index in [9.17, 15) is 9.59 Å². The molecule has 7 nitrogen and oxygen atoms in total. The highest BCUT2D eigenvalue weighted by Gasteiger charge is 2.31. The summed E-state index contributed by atoms with van der Waals surface area (Å²) in [7, 11) is 0. The Bertz CT molecular complexity index is 643. The van der Waals surface area contributed by atoms with E-state index in [1.54, 1.807) is 4.90 Å². The molecular weight excluding hydrogens is 338 g/mol. The SMILES string of the molecule is O=C(Cc1csc(N2CCCC2=O)n1)N1CCC(N2CCNCC2)C1. The van der Waals surface area contributed by atoms with E-state index in [2.05, 4.69) is 15.2 Å². The largest absolute Gasteiger partial charge is 0.341 e. The first-order valence-corrected chi connectivity index (χ1v) is 10.1. The lowest BCUT2D eigenvalue weighted by Crippen LogP contribution is -2.49. The Kier molecular flexibility index (Phi) is 5.00. The Morgan fingerprint density at radius 1 is 1.28 bits per heavy atom. The quantitative estimate of drug-likeness (QED) is 0.834. The molecule has 3 aliphatic rings. The van der Waals surface area contributed by atoms with Gasteiger partial charge in [0.25, 0.3) is 0 Å². The number of nitrogens with one attached hydrogen (secondary N) is 1. The molecule has 0 spiro atoms. The molecular formula is C17H25N5O2S. The maximum Gasteiger partial charge on any atom is 0.228 e. The number of nitrogens with zero attached hydrogens (tertiary/aromatic N) is 4. The predicted octanol–water partition coefficient (Wildman–Crippen LogP) is 0.319. The third-order valence-electron chi connectivity index (χ3n) is 5.36. The fourth-order valence-electron chi connectivity index (χ4n) is 3.93. The molecule has 8 heteroatoms. The van der Waals surface area contributed by atoms with E-state index in [-0.39, 0.29) is 11.8 Å². The predicted molar refractivity (Wildman–Crippen MR) is 96.8 cm³/mol.